The summed E-state index contributed by atoms with van der Waals surface area (Å²) in [5, 5.41) is 0. The van der Waals surface area contributed by atoms with Gasteiger partial charge in [-0.05, 0) is 56.0 Å². The first-order chi connectivity index (χ1) is 11.3. The maximum absolute atomic E-state index is 12.7. The molecule has 0 N–H and O–H groups in total. The third-order valence-electron chi connectivity index (χ3n) is 4.21. The summed E-state index contributed by atoms with van der Waals surface area (Å²) >= 11 is 0. The molecule has 1 aliphatic rings. The molecule has 3 rings (SSSR count). The number of amides is 1. The topological polar surface area (TPSA) is 55.3 Å². The van der Waals surface area contributed by atoms with Gasteiger partial charge >= 0.3 is 6.01 Å². The number of benzene rings is 1. The Morgan fingerprint density at radius 2 is 1.96 bits per heavy atom. The van der Waals surface area contributed by atoms with Crippen LogP contribution < -0.4 is 4.74 Å². The average Bonchev–Trinajstić information content (AvgIpc) is 2.62. The highest BCUT2D eigenvalue weighted by molar-refractivity contribution is 5.94. The first kappa shape index (κ1) is 15.5. The molecular formula is C18H21N3O2. The summed E-state index contributed by atoms with van der Waals surface area (Å²) in [7, 11) is 0. The third kappa shape index (κ3) is 3.67. The van der Waals surface area contributed by atoms with E-state index < -0.39 is 0 Å². The molecule has 0 radical (unpaired) electrons. The number of aromatic nitrogens is 2. The largest absolute Gasteiger partial charge is 0.424 e. The number of likely N-dealkylation sites (tertiary alicyclic amines) is 1. The maximum Gasteiger partial charge on any atom is 0.321 e. The van der Waals surface area contributed by atoms with E-state index in [1.165, 1.54) is 6.42 Å². The van der Waals surface area contributed by atoms with E-state index in [1.54, 1.807) is 30.6 Å². The van der Waals surface area contributed by atoms with Gasteiger partial charge in [-0.25, -0.2) is 9.97 Å². The van der Waals surface area contributed by atoms with Crippen LogP contribution in [0, 0.1) is 0 Å². The second kappa shape index (κ2) is 7.22. The van der Waals surface area contributed by atoms with Crippen LogP contribution in [0.2, 0.25) is 0 Å². The third-order valence-corrected chi connectivity index (χ3v) is 4.21. The van der Waals surface area contributed by atoms with Crippen LogP contribution in [0.4, 0.5) is 0 Å². The summed E-state index contributed by atoms with van der Waals surface area (Å²) in [5.41, 5.74) is 0.701. The van der Waals surface area contributed by atoms with E-state index in [4.69, 9.17) is 4.74 Å². The van der Waals surface area contributed by atoms with Crippen molar-refractivity contribution in [2.24, 2.45) is 0 Å². The standard InChI is InChI=1S/C18H21N3O2/c1-2-15-6-3-4-13-21(15)17(22)14-7-9-16(10-8-14)23-18-19-11-5-12-20-18/h5,7-12,15H,2-4,6,13H2,1H3/t15-/m0/s1. The van der Waals surface area contributed by atoms with Gasteiger partial charge in [0.05, 0.1) is 0 Å². The first-order valence-electron chi connectivity index (χ1n) is 8.14. The van der Waals surface area contributed by atoms with Gasteiger partial charge in [0.1, 0.15) is 5.75 Å². The minimum Gasteiger partial charge on any atom is -0.424 e. The second-order valence-electron chi connectivity index (χ2n) is 5.71. The van der Waals surface area contributed by atoms with E-state index in [9.17, 15) is 4.79 Å². The molecular weight excluding hydrogens is 290 g/mol. The summed E-state index contributed by atoms with van der Waals surface area (Å²) in [5.74, 6) is 0.734. The lowest BCUT2D eigenvalue weighted by molar-refractivity contribution is 0.0608. The molecule has 0 unspecified atom stereocenters. The van der Waals surface area contributed by atoms with Crippen molar-refractivity contribution in [2.75, 3.05) is 6.54 Å². The minimum atomic E-state index is 0.110. The van der Waals surface area contributed by atoms with Crippen LogP contribution in [0.25, 0.3) is 0 Å². The average molecular weight is 311 g/mol. The molecule has 0 bridgehead atoms. The molecule has 1 aromatic heterocycles. The lowest BCUT2D eigenvalue weighted by atomic mass is 9.99. The van der Waals surface area contributed by atoms with Crippen molar-refractivity contribution in [3.63, 3.8) is 0 Å². The molecule has 1 aliphatic heterocycles. The molecule has 1 fully saturated rings. The molecule has 2 heterocycles. The molecule has 0 saturated carbocycles. The number of hydrogen-bond acceptors (Lipinski definition) is 4. The fourth-order valence-corrected chi connectivity index (χ4v) is 2.97. The molecule has 5 nitrogen and oxygen atoms in total. The monoisotopic (exact) mass is 311 g/mol. The van der Waals surface area contributed by atoms with Crippen molar-refractivity contribution in [3.05, 3.63) is 48.3 Å². The molecule has 0 spiro atoms. The van der Waals surface area contributed by atoms with Crippen molar-refractivity contribution < 1.29 is 9.53 Å². The summed E-state index contributed by atoms with van der Waals surface area (Å²) in [6.45, 7) is 3.00. The number of nitrogens with zero attached hydrogens (tertiary/aromatic N) is 3. The van der Waals surface area contributed by atoms with Crippen LogP contribution in [0.3, 0.4) is 0 Å². The number of piperidine rings is 1. The van der Waals surface area contributed by atoms with E-state index in [2.05, 4.69) is 16.9 Å². The fourth-order valence-electron chi connectivity index (χ4n) is 2.97. The summed E-state index contributed by atoms with van der Waals surface area (Å²) in [6.07, 6.45) is 7.68. The maximum atomic E-state index is 12.7. The molecule has 1 amide bonds. The van der Waals surface area contributed by atoms with Gasteiger partial charge in [0, 0.05) is 30.5 Å². The zero-order valence-electron chi connectivity index (χ0n) is 13.3. The highest BCUT2D eigenvalue weighted by Gasteiger charge is 2.26. The smallest absolute Gasteiger partial charge is 0.321 e. The van der Waals surface area contributed by atoms with Crippen molar-refractivity contribution in [1.82, 2.24) is 14.9 Å². The number of hydrogen-bond donors (Lipinski definition) is 0. The number of carbonyl (C=O) groups is 1. The Hall–Kier alpha value is -2.43. The molecule has 120 valence electrons. The van der Waals surface area contributed by atoms with E-state index in [1.807, 2.05) is 17.0 Å². The molecule has 1 saturated heterocycles. The normalized spacial score (nSPS) is 17.8. The quantitative estimate of drug-likeness (QED) is 0.864. The van der Waals surface area contributed by atoms with E-state index >= 15 is 0 Å². The van der Waals surface area contributed by atoms with Crippen molar-refractivity contribution in [2.45, 2.75) is 38.6 Å². The summed E-state index contributed by atoms with van der Waals surface area (Å²) in [4.78, 5) is 22.7. The van der Waals surface area contributed by atoms with E-state index in [0.29, 0.717) is 23.4 Å². The summed E-state index contributed by atoms with van der Waals surface area (Å²) in [6, 6.07) is 9.59. The van der Waals surface area contributed by atoms with E-state index in [0.717, 1.165) is 25.8 Å². The zero-order valence-corrected chi connectivity index (χ0v) is 13.3. The molecule has 1 atom stereocenters. The Morgan fingerprint density at radius 3 is 2.65 bits per heavy atom. The van der Waals surface area contributed by atoms with Crippen LogP contribution in [-0.4, -0.2) is 33.4 Å². The zero-order chi connectivity index (χ0) is 16.1. The Bertz CT molecular complexity index is 643. The van der Waals surface area contributed by atoms with Crippen LogP contribution >= 0.6 is 0 Å². The van der Waals surface area contributed by atoms with Crippen LogP contribution in [0.5, 0.6) is 11.8 Å². The predicted molar refractivity (Wildman–Crippen MR) is 87.5 cm³/mol. The van der Waals surface area contributed by atoms with E-state index in [-0.39, 0.29) is 5.91 Å². The van der Waals surface area contributed by atoms with Crippen LogP contribution in [0.15, 0.2) is 42.7 Å². The van der Waals surface area contributed by atoms with Gasteiger partial charge in [0.25, 0.3) is 5.91 Å². The number of carbonyl (C=O) groups excluding carboxylic acids is 1. The Kier molecular flexibility index (Phi) is 4.86. The van der Waals surface area contributed by atoms with Crippen molar-refractivity contribution >= 4 is 5.91 Å². The molecule has 1 aromatic carbocycles. The Balaban J connectivity index is 1.70. The van der Waals surface area contributed by atoms with Gasteiger partial charge in [0.2, 0.25) is 0 Å². The van der Waals surface area contributed by atoms with Gasteiger partial charge in [0.15, 0.2) is 0 Å². The lowest BCUT2D eigenvalue weighted by Gasteiger charge is -2.35. The van der Waals surface area contributed by atoms with Crippen molar-refractivity contribution in [3.8, 4) is 11.8 Å². The Labute approximate surface area is 136 Å². The highest BCUT2D eigenvalue weighted by Crippen LogP contribution is 2.23. The second-order valence-corrected chi connectivity index (χ2v) is 5.71. The fraction of sp³-hybridized carbons (Fsp3) is 0.389. The van der Waals surface area contributed by atoms with Crippen LogP contribution in [-0.2, 0) is 0 Å². The summed E-state index contributed by atoms with van der Waals surface area (Å²) < 4.78 is 5.55. The van der Waals surface area contributed by atoms with Crippen LogP contribution in [0.1, 0.15) is 43.0 Å². The van der Waals surface area contributed by atoms with Gasteiger partial charge < -0.3 is 9.64 Å². The van der Waals surface area contributed by atoms with Gasteiger partial charge in [-0.15, -0.1) is 0 Å². The molecule has 2 aromatic rings. The van der Waals surface area contributed by atoms with Gasteiger partial charge in [-0.1, -0.05) is 6.92 Å². The first-order valence-corrected chi connectivity index (χ1v) is 8.14. The lowest BCUT2D eigenvalue weighted by Crippen LogP contribution is -2.43. The minimum absolute atomic E-state index is 0.110. The van der Waals surface area contributed by atoms with Gasteiger partial charge in [-0.3, -0.25) is 4.79 Å². The molecule has 23 heavy (non-hydrogen) atoms. The van der Waals surface area contributed by atoms with Crippen molar-refractivity contribution in [1.29, 1.82) is 0 Å². The predicted octanol–water partition coefficient (Wildman–Crippen LogP) is 3.67. The number of ether oxygens (including phenoxy) is 1. The molecule has 0 aliphatic carbocycles. The number of rotatable bonds is 4. The Morgan fingerprint density at radius 1 is 1.22 bits per heavy atom. The highest BCUT2D eigenvalue weighted by atomic mass is 16.5. The SMILES string of the molecule is CC[C@H]1CCCCN1C(=O)c1ccc(Oc2ncccn2)cc1. The van der Waals surface area contributed by atoms with Gasteiger partial charge in [-0.2, -0.15) is 0 Å². The molecule has 5 heteroatoms.